The minimum absolute atomic E-state index is 0.132. The van der Waals surface area contributed by atoms with Crippen LogP contribution in [0.4, 0.5) is 0 Å². The van der Waals surface area contributed by atoms with E-state index in [4.69, 9.17) is 4.74 Å². The van der Waals surface area contributed by atoms with Crippen LogP contribution >= 0.6 is 0 Å². The highest BCUT2D eigenvalue weighted by Crippen LogP contribution is 2.38. The smallest absolute Gasteiger partial charge is 0.331 e. The number of carbonyl (C=O) groups is 3. The highest BCUT2D eigenvalue weighted by Gasteiger charge is 2.26. The van der Waals surface area contributed by atoms with Gasteiger partial charge in [-0.05, 0) is 51.3 Å². The second-order valence-electron chi connectivity index (χ2n) is 6.10. The molecule has 1 saturated carbocycles. The topological polar surface area (TPSA) is 89.4 Å². The summed E-state index contributed by atoms with van der Waals surface area (Å²) in [5.74, 6) is -1.39. The molecule has 7 heteroatoms. The van der Waals surface area contributed by atoms with Crippen molar-refractivity contribution in [2.45, 2.75) is 39.7 Å². The zero-order valence-electron chi connectivity index (χ0n) is 14.9. The van der Waals surface area contributed by atoms with E-state index in [9.17, 15) is 14.4 Å². The lowest BCUT2D eigenvalue weighted by Gasteiger charge is -2.06. The summed E-state index contributed by atoms with van der Waals surface area (Å²) in [5.41, 5.74) is 3.28. The van der Waals surface area contributed by atoms with Crippen molar-refractivity contribution in [1.82, 2.24) is 15.2 Å². The number of aryl methyl sites for hydroxylation is 1. The van der Waals surface area contributed by atoms with Crippen molar-refractivity contribution in [3.05, 3.63) is 29.1 Å². The van der Waals surface area contributed by atoms with E-state index in [0.717, 1.165) is 11.3 Å². The number of hydrogen-bond donors (Lipinski definition) is 2. The highest BCUT2D eigenvalue weighted by molar-refractivity contribution is 5.90. The average Bonchev–Trinajstić information content (AvgIpc) is 3.35. The Labute approximate surface area is 147 Å². The van der Waals surface area contributed by atoms with Crippen molar-refractivity contribution >= 4 is 23.9 Å². The van der Waals surface area contributed by atoms with Crippen LogP contribution in [0.5, 0.6) is 0 Å². The number of carbonyl (C=O) groups excluding carboxylic acids is 3. The van der Waals surface area contributed by atoms with E-state index in [0.29, 0.717) is 12.6 Å². The van der Waals surface area contributed by atoms with Gasteiger partial charge in [0, 0.05) is 30.1 Å². The summed E-state index contributed by atoms with van der Waals surface area (Å²) < 4.78 is 7.17. The van der Waals surface area contributed by atoms with Crippen LogP contribution in [0.25, 0.3) is 6.08 Å². The Bertz CT molecular complexity index is 687. The van der Waals surface area contributed by atoms with E-state index >= 15 is 0 Å². The van der Waals surface area contributed by atoms with Gasteiger partial charge in [-0.15, -0.1) is 0 Å². The Morgan fingerprint density at radius 2 is 1.96 bits per heavy atom. The second-order valence-corrected chi connectivity index (χ2v) is 6.10. The SMILES string of the molecule is CCNC(=O)CNC(=O)COC(=O)/C=C/c1cc(C)n(C2CC2)c1C. The van der Waals surface area contributed by atoms with Crippen LogP contribution in [0, 0.1) is 13.8 Å². The number of esters is 1. The summed E-state index contributed by atoms with van der Waals surface area (Å²) in [4.78, 5) is 34.5. The van der Waals surface area contributed by atoms with Crippen molar-refractivity contribution in [2.75, 3.05) is 19.7 Å². The van der Waals surface area contributed by atoms with Gasteiger partial charge in [-0.3, -0.25) is 9.59 Å². The first kappa shape index (κ1) is 18.8. The number of rotatable bonds is 8. The molecule has 1 aliphatic rings. The Hall–Kier alpha value is -2.57. The van der Waals surface area contributed by atoms with Gasteiger partial charge in [-0.1, -0.05) is 0 Å². The summed E-state index contributed by atoms with van der Waals surface area (Å²) in [6.45, 7) is 5.83. The van der Waals surface area contributed by atoms with Gasteiger partial charge in [0.15, 0.2) is 6.61 Å². The Morgan fingerprint density at radius 3 is 2.60 bits per heavy atom. The molecule has 0 aliphatic heterocycles. The van der Waals surface area contributed by atoms with E-state index in [2.05, 4.69) is 22.1 Å². The Kier molecular flexibility index (Phi) is 6.38. The molecule has 25 heavy (non-hydrogen) atoms. The number of hydrogen-bond acceptors (Lipinski definition) is 4. The third-order valence-electron chi connectivity index (χ3n) is 4.00. The van der Waals surface area contributed by atoms with Gasteiger partial charge in [0.2, 0.25) is 5.91 Å². The van der Waals surface area contributed by atoms with Crippen LogP contribution in [-0.4, -0.2) is 42.0 Å². The van der Waals surface area contributed by atoms with E-state index in [1.54, 1.807) is 13.0 Å². The summed E-state index contributed by atoms with van der Waals surface area (Å²) in [5, 5.41) is 4.93. The minimum atomic E-state index is -0.593. The first-order valence-corrected chi connectivity index (χ1v) is 8.49. The standard InChI is InChI=1S/C18H25N3O4/c1-4-19-16(22)10-20-17(23)11-25-18(24)8-5-14-9-12(2)21(13(14)3)15-6-7-15/h5,8-9,15H,4,6-7,10-11H2,1-3H3,(H,19,22)(H,20,23)/b8-5+. The van der Waals surface area contributed by atoms with Crippen molar-refractivity contribution in [1.29, 1.82) is 0 Å². The van der Waals surface area contributed by atoms with E-state index in [-0.39, 0.29) is 12.5 Å². The number of ether oxygens (including phenoxy) is 1. The molecule has 0 saturated heterocycles. The molecule has 1 aliphatic carbocycles. The lowest BCUT2D eigenvalue weighted by Crippen LogP contribution is -2.38. The number of nitrogens with one attached hydrogen (secondary N) is 2. The quantitative estimate of drug-likeness (QED) is 0.547. The highest BCUT2D eigenvalue weighted by atomic mass is 16.5. The average molecular weight is 347 g/mol. The van der Waals surface area contributed by atoms with Gasteiger partial charge in [0.25, 0.3) is 5.91 Å². The molecule has 7 nitrogen and oxygen atoms in total. The summed E-state index contributed by atoms with van der Waals surface area (Å²) in [6.07, 6.45) is 5.42. The molecular formula is C18H25N3O4. The van der Waals surface area contributed by atoms with E-state index < -0.39 is 18.5 Å². The number of likely N-dealkylation sites (N-methyl/N-ethyl adjacent to an activating group) is 1. The summed E-state index contributed by atoms with van der Waals surface area (Å²) in [6, 6.07) is 2.62. The fourth-order valence-corrected chi connectivity index (χ4v) is 2.70. The molecule has 0 aromatic carbocycles. The van der Waals surface area contributed by atoms with Crippen molar-refractivity contribution in [3.8, 4) is 0 Å². The summed E-state index contributed by atoms with van der Waals surface area (Å²) >= 11 is 0. The van der Waals surface area contributed by atoms with Gasteiger partial charge in [-0.2, -0.15) is 0 Å². The lowest BCUT2D eigenvalue weighted by atomic mass is 10.2. The predicted octanol–water partition coefficient (Wildman–Crippen LogP) is 1.25. The van der Waals surface area contributed by atoms with Gasteiger partial charge >= 0.3 is 5.97 Å². The number of amides is 2. The van der Waals surface area contributed by atoms with Gasteiger partial charge in [-0.25, -0.2) is 4.79 Å². The van der Waals surface area contributed by atoms with Crippen molar-refractivity contribution < 1.29 is 19.1 Å². The molecule has 1 aromatic rings. The zero-order valence-corrected chi connectivity index (χ0v) is 14.9. The molecule has 0 atom stereocenters. The van der Waals surface area contributed by atoms with E-state index in [1.807, 2.05) is 13.0 Å². The van der Waals surface area contributed by atoms with E-state index in [1.165, 1.54) is 24.6 Å². The normalized spacial score (nSPS) is 13.7. The Morgan fingerprint density at radius 1 is 1.24 bits per heavy atom. The molecule has 1 fully saturated rings. The Balaban J connectivity index is 1.78. The third-order valence-corrected chi connectivity index (χ3v) is 4.00. The number of aromatic nitrogens is 1. The second kappa shape index (κ2) is 8.50. The fourth-order valence-electron chi connectivity index (χ4n) is 2.70. The third kappa shape index (κ3) is 5.48. The molecule has 2 amide bonds. The fraction of sp³-hybridized carbons (Fsp3) is 0.500. The van der Waals surface area contributed by atoms with Crippen LogP contribution in [-0.2, 0) is 19.1 Å². The molecule has 0 spiro atoms. The van der Waals surface area contributed by atoms with Crippen LogP contribution < -0.4 is 10.6 Å². The molecule has 136 valence electrons. The summed E-state index contributed by atoms with van der Waals surface area (Å²) in [7, 11) is 0. The van der Waals surface area contributed by atoms with Crippen molar-refractivity contribution in [3.63, 3.8) is 0 Å². The maximum Gasteiger partial charge on any atom is 0.331 e. The predicted molar refractivity (Wildman–Crippen MR) is 93.9 cm³/mol. The number of nitrogens with zero attached hydrogens (tertiary/aromatic N) is 1. The van der Waals surface area contributed by atoms with Gasteiger partial charge in [0.05, 0.1) is 6.54 Å². The van der Waals surface area contributed by atoms with Crippen LogP contribution in [0.3, 0.4) is 0 Å². The molecular weight excluding hydrogens is 322 g/mol. The first-order valence-electron chi connectivity index (χ1n) is 8.49. The van der Waals surface area contributed by atoms with Crippen molar-refractivity contribution in [2.24, 2.45) is 0 Å². The monoisotopic (exact) mass is 347 g/mol. The molecule has 1 aromatic heterocycles. The van der Waals surface area contributed by atoms with Gasteiger partial charge in [0.1, 0.15) is 0 Å². The molecule has 0 unspecified atom stereocenters. The maximum absolute atomic E-state index is 11.7. The minimum Gasteiger partial charge on any atom is -0.452 e. The first-order chi connectivity index (χ1) is 11.9. The lowest BCUT2D eigenvalue weighted by molar-refractivity contribution is -0.143. The zero-order chi connectivity index (χ0) is 18.4. The molecule has 2 rings (SSSR count). The van der Waals surface area contributed by atoms with Crippen LogP contribution in [0.2, 0.25) is 0 Å². The van der Waals surface area contributed by atoms with Crippen LogP contribution in [0.1, 0.15) is 42.8 Å². The molecule has 0 bridgehead atoms. The van der Waals surface area contributed by atoms with Crippen LogP contribution in [0.15, 0.2) is 12.1 Å². The molecule has 1 heterocycles. The molecule has 2 N–H and O–H groups in total. The maximum atomic E-state index is 11.7. The molecule has 0 radical (unpaired) electrons. The van der Waals surface area contributed by atoms with Gasteiger partial charge < -0.3 is 19.9 Å². The largest absolute Gasteiger partial charge is 0.452 e.